The molecule has 0 radical (unpaired) electrons. The van der Waals surface area contributed by atoms with Gasteiger partial charge in [0, 0.05) is 19.3 Å². The molecule has 6 heteroatoms. The second-order valence-corrected chi connectivity index (χ2v) is 17.4. The molecular weight excluding hydrogens is 745 g/mol. The summed E-state index contributed by atoms with van der Waals surface area (Å²) in [7, 11) is 0. The van der Waals surface area contributed by atoms with Crippen molar-refractivity contribution in [3.63, 3.8) is 0 Å². The second-order valence-electron chi connectivity index (χ2n) is 17.4. The Morgan fingerprint density at radius 2 is 0.650 bits per heavy atom. The van der Waals surface area contributed by atoms with Crippen molar-refractivity contribution < 1.29 is 28.6 Å². The highest BCUT2D eigenvalue weighted by atomic mass is 16.6. The fourth-order valence-corrected chi connectivity index (χ4v) is 7.52. The number of allylic oxidation sites excluding steroid dienone is 6. The third kappa shape index (κ3) is 46.7. The topological polar surface area (TPSA) is 78.9 Å². The number of unbranched alkanes of at least 4 members (excludes halogenated alkanes) is 30. The summed E-state index contributed by atoms with van der Waals surface area (Å²) in [5.41, 5.74) is 0. The van der Waals surface area contributed by atoms with Crippen LogP contribution in [0.5, 0.6) is 0 Å². The monoisotopic (exact) mass is 843 g/mol. The van der Waals surface area contributed by atoms with E-state index in [2.05, 4.69) is 57.2 Å². The van der Waals surface area contributed by atoms with E-state index in [1.165, 1.54) is 148 Å². The van der Waals surface area contributed by atoms with Crippen LogP contribution in [0, 0.1) is 0 Å². The Kier molecular flexibility index (Phi) is 47.3. The average molecular weight is 843 g/mol. The molecular formula is C54H98O6. The molecule has 0 amide bonds. The summed E-state index contributed by atoms with van der Waals surface area (Å²) in [6, 6.07) is 0. The molecule has 0 fully saturated rings. The summed E-state index contributed by atoms with van der Waals surface area (Å²) in [5.74, 6) is -0.871. The van der Waals surface area contributed by atoms with E-state index < -0.39 is 6.10 Å². The van der Waals surface area contributed by atoms with Gasteiger partial charge in [-0.05, 0) is 51.4 Å². The third-order valence-corrected chi connectivity index (χ3v) is 11.4. The van der Waals surface area contributed by atoms with Gasteiger partial charge < -0.3 is 14.2 Å². The molecule has 0 saturated carbocycles. The highest BCUT2D eigenvalue weighted by Crippen LogP contribution is 2.16. The van der Waals surface area contributed by atoms with E-state index in [9.17, 15) is 14.4 Å². The van der Waals surface area contributed by atoms with Gasteiger partial charge >= 0.3 is 17.9 Å². The maximum Gasteiger partial charge on any atom is 0.306 e. The van der Waals surface area contributed by atoms with E-state index in [0.717, 1.165) is 83.5 Å². The fourth-order valence-electron chi connectivity index (χ4n) is 7.52. The van der Waals surface area contributed by atoms with Crippen molar-refractivity contribution in [3.8, 4) is 0 Å². The van der Waals surface area contributed by atoms with Gasteiger partial charge in [0.05, 0.1) is 0 Å². The summed E-state index contributed by atoms with van der Waals surface area (Å²) in [6.07, 6.45) is 57.0. The zero-order chi connectivity index (χ0) is 43.7. The van der Waals surface area contributed by atoms with Crippen LogP contribution in [0.15, 0.2) is 36.5 Å². The van der Waals surface area contributed by atoms with Crippen molar-refractivity contribution in [3.05, 3.63) is 36.5 Å². The van der Waals surface area contributed by atoms with Crippen LogP contribution in [0.2, 0.25) is 0 Å². The summed E-state index contributed by atoms with van der Waals surface area (Å²) in [5, 5.41) is 0. The molecule has 0 aromatic carbocycles. The molecule has 350 valence electrons. The molecule has 0 aromatic heterocycles. The number of esters is 3. The molecule has 0 spiro atoms. The Balaban J connectivity index is 4.32. The number of carbonyl (C=O) groups is 3. The molecule has 0 heterocycles. The van der Waals surface area contributed by atoms with E-state index in [0.29, 0.717) is 19.3 Å². The van der Waals surface area contributed by atoms with Crippen LogP contribution in [0.25, 0.3) is 0 Å². The molecule has 0 saturated heterocycles. The first-order chi connectivity index (χ1) is 29.5. The second kappa shape index (κ2) is 49.3. The molecule has 0 aromatic rings. The molecule has 1 atom stereocenters. The molecule has 0 bridgehead atoms. The number of carbonyl (C=O) groups excluding carboxylic acids is 3. The minimum absolute atomic E-state index is 0.0712. The van der Waals surface area contributed by atoms with Crippen LogP contribution in [0.1, 0.15) is 271 Å². The number of ether oxygens (including phenoxy) is 3. The fraction of sp³-hybridized carbons (Fsp3) is 0.833. The van der Waals surface area contributed by atoms with Crippen LogP contribution in [0.3, 0.4) is 0 Å². The lowest BCUT2D eigenvalue weighted by atomic mass is 10.0. The summed E-state index contributed by atoms with van der Waals surface area (Å²) in [4.78, 5) is 37.9. The van der Waals surface area contributed by atoms with Gasteiger partial charge in [-0.3, -0.25) is 14.4 Å². The van der Waals surface area contributed by atoms with E-state index in [4.69, 9.17) is 14.2 Å². The maximum atomic E-state index is 12.8. The Morgan fingerprint density at radius 1 is 0.350 bits per heavy atom. The van der Waals surface area contributed by atoms with Crippen molar-refractivity contribution >= 4 is 17.9 Å². The highest BCUT2D eigenvalue weighted by Gasteiger charge is 2.19. The lowest BCUT2D eigenvalue weighted by molar-refractivity contribution is -0.167. The largest absolute Gasteiger partial charge is 0.462 e. The van der Waals surface area contributed by atoms with Crippen LogP contribution >= 0.6 is 0 Å². The van der Waals surface area contributed by atoms with Crippen molar-refractivity contribution in [2.75, 3.05) is 13.2 Å². The lowest BCUT2D eigenvalue weighted by Gasteiger charge is -2.18. The minimum Gasteiger partial charge on any atom is -0.462 e. The lowest BCUT2D eigenvalue weighted by Crippen LogP contribution is -2.30. The van der Waals surface area contributed by atoms with Gasteiger partial charge in [0.15, 0.2) is 6.10 Å². The van der Waals surface area contributed by atoms with Gasteiger partial charge in [0.25, 0.3) is 0 Å². The van der Waals surface area contributed by atoms with E-state index in [1.54, 1.807) is 0 Å². The average Bonchev–Trinajstić information content (AvgIpc) is 3.24. The Labute approximate surface area is 372 Å². The van der Waals surface area contributed by atoms with Crippen LogP contribution in [0.4, 0.5) is 0 Å². The Bertz CT molecular complexity index is 1020. The first kappa shape index (κ1) is 57.6. The zero-order valence-corrected chi connectivity index (χ0v) is 40.0. The van der Waals surface area contributed by atoms with Gasteiger partial charge in [0.1, 0.15) is 13.2 Å². The zero-order valence-electron chi connectivity index (χ0n) is 40.0. The van der Waals surface area contributed by atoms with Crippen molar-refractivity contribution in [1.29, 1.82) is 0 Å². The van der Waals surface area contributed by atoms with Gasteiger partial charge in [0.2, 0.25) is 0 Å². The van der Waals surface area contributed by atoms with Gasteiger partial charge in [-0.2, -0.15) is 0 Å². The Hall–Kier alpha value is -2.37. The van der Waals surface area contributed by atoms with E-state index in [1.807, 2.05) is 0 Å². The summed E-state index contributed by atoms with van der Waals surface area (Å²) >= 11 is 0. The normalized spacial score (nSPS) is 12.2. The van der Waals surface area contributed by atoms with Gasteiger partial charge in [-0.15, -0.1) is 0 Å². The van der Waals surface area contributed by atoms with E-state index >= 15 is 0 Å². The van der Waals surface area contributed by atoms with Crippen LogP contribution < -0.4 is 0 Å². The standard InChI is InChI=1S/C54H98O6/c1-4-7-10-13-16-19-22-24-26-27-29-30-32-35-38-41-44-47-53(56)59-50-51(49-58-52(55)46-43-40-37-34-21-18-15-12-9-6-3)60-54(57)48-45-42-39-36-33-31-28-25-23-20-17-14-11-8-5-2/h7,10,16,19,24,26,51H,4-6,8-9,11-15,17-18,20-23,25,27-50H2,1-3H3/b10-7-,19-16-,26-24-. The molecule has 60 heavy (non-hydrogen) atoms. The Morgan fingerprint density at radius 3 is 1.02 bits per heavy atom. The van der Waals surface area contributed by atoms with Crippen LogP contribution in [-0.4, -0.2) is 37.2 Å². The quantitative estimate of drug-likeness (QED) is 0.0263. The molecule has 6 nitrogen and oxygen atoms in total. The molecule has 0 N–H and O–H groups in total. The molecule has 0 aliphatic heterocycles. The van der Waals surface area contributed by atoms with Gasteiger partial charge in [-0.25, -0.2) is 0 Å². The predicted molar refractivity (Wildman–Crippen MR) is 256 cm³/mol. The highest BCUT2D eigenvalue weighted by molar-refractivity contribution is 5.71. The predicted octanol–water partition coefficient (Wildman–Crippen LogP) is 16.9. The minimum atomic E-state index is -0.770. The molecule has 0 aliphatic carbocycles. The molecule has 0 aliphatic rings. The first-order valence-electron chi connectivity index (χ1n) is 26.0. The SMILES string of the molecule is CC/C=C\C/C=C\C/C=C\CCCCCCCCCC(=O)OCC(COC(=O)CCCCCCCCCCCC)OC(=O)CCCCCCCCCCCCCCCCC. The molecule has 0 rings (SSSR count). The maximum absolute atomic E-state index is 12.8. The van der Waals surface area contributed by atoms with Crippen molar-refractivity contribution in [1.82, 2.24) is 0 Å². The summed E-state index contributed by atoms with van der Waals surface area (Å²) < 4.78 is 16.8. The van der Waals surface area contributed by atoms with Crippen LogP contribution in [-0.2, 0) is 28.6 Å². The number of hydrogen-bond donors (Lipinski definition) is 0. The number of hydrogen-bond acceptors (Lipinski definition) is 6. The smallest absolute Gasteiger partial charge is 0.306 e. The van der Waals surface area contributed by atoms with Crippen molar-refractivity contribution in [2.24, 2.45) is 0 Å². The molecule has 1 unspecified atom stereocenters. The van der Waals surface area contributed by atoms with Crippen molar-refractivity contribution in [2.45, 2.75) is 277 Å². The summed E-state index contributed by atoms with van der Waals surface area (Å²) in [6.45, 7) is 6.53. The third-order valence-electron chi connectivity index (χ3n) is 11.4. The van der Waals surface area contributed by atoms with E-state index in [-0.39, 0.29) is 31.1 Å². The first-order valence-corrected chi connectivity index (χ1v) is 26.0. The number of rotatable bonds is 47. The van der Waals surface area contributed by atoms with Gasteiger partial charge in [-0.1, -0.05) is 237 Å².